The lowest BCUT2D eigenvalue weighted by atomic mass is 10.2. The van der Waals surface area contributed by atoms with Crippen LogP contribution in [0, 0.1) is 12.7 Å². The van der Waals surface area contributed by atoms with E-state index < -0.39 is 5.97 Å². The highest BCUT2D eigenvalue weighted by Gasteiger charge is 2.18. The molecule has 1 aromatic heterocycles. The van der Waals surface area contributed by atoms with Gasteiger partial charge in [0.05, 0.1) is 18.8 Å². The van der Waals surface area contributed by atoms with E-state index >= 15 is 0 Å². The van der Waals surface area contributed by atoms with E-state index in [-0.39, 0.29) is 5.82 Å². The Morgan fingerprint density at radius 3 is 2.68 bits per heavy atom. The number of esters is 1. The van der Waals surface area contributed by atoms with Gasteiger partial charge in [0.25, 0.3) is 0 Å². The van der Waals surface area contributed by atoms with Gasteiger partial charge in [-0.15, -0.1) is 5.10 Å². The molecule has 6 heteroatoms. The van der Waals surface area contributed by atoms with Crippen LogP contribution in [-0.2, 0) is 11.3 Å². The molecule has 100 valence electrons. The van der Waals surface area contributed by atoms with Crippen LogP contribution >= 0.6 is 0 Å². The van der Waals surface area contributed by atoms with E-state index in [2.05, 4.69) is 10.3 Å². The maximum atomic E-state index is 12.8. The summed E-state index contributed by atoms with van der Waals surface area (Å²) >= 11 is 0. The van der Waals surface area contributed by atoms with Gasteiger partial charge in [-0.05, 0) is 31.5 Å². The van der Waals surface area contributed by atoms with E-state index in [4.69, 9.17) is 4.74 Å². The second-order valence-electron chi connectivity index (χ2n) is 4.03. The fourth-order valence-corrected chi connectivity index (χ4v) is 1.73. The number of aromatic nitrogens is 3. The third-order valence-corrected chi connectivity index (χ3v) is 2.62. The molecule has 1 heterocycles. The number of hydrogen-bond donors (Lipinski definition) is 0. The predicted molar refractivity (Wildman–Crippen MR) is 66.2 cm³/mol. The van der Waals surface area contributed by atoms with Crippen LogP contribution in [-0.4, -0.2) is 27.6 Å². The van der Waals surface area contributed by atoms with Gasteiger partial charge < -0.3 is 4.74 Å². The summed E-state index contributed by atoms with van der Waals surface area (Å²) in [7, 11) is 0. The van der Waals surface area contributed by atoms with Gasteiger partial charge in [-0.2, -0.15) is 0 Å². The molecule has 0 bridgehead atoms. The third-order valence-electron chi connectivity index (χ3n) is 2.62. The Bertz CT molecular complexity index is 578. The molecule has 0 radical (unpaired) electrons. The molecule has 0 spiro atoms. The Morgan fingerprint density at radius 2 is 2.05 bits per heavy atom. The average molecular weight is 263 g/mol. The summed E-state index contributed by atoms with van der Waals surface area (Å²) in [6.45, 7) is 4.07. The van der Waals surface area contributed by atoms with Gasteiger partial charge in [-0.3, -0.25) is 0 Å². The van der Waals surface area contributed by atoms with E-state index in [1.807, 2.05) is 0 Å². The summed E-state index contributed by atoms with van der Waals surface area (Å²) < 4.78 is 19.3. The molecule has 0 aliphatic heterocycles. The van der Waals surface area contributed by atoms with Gasteiger partial charge in [0.1, 0.15) is 5.82 Å². The van der Waals surface area contributed by atoms with Crippen molar-refractivity contribution in [3.8, 4) is 0 Å². The molecular formula is C13H14FN3O2. The van der Waals surface area contributed by atoms with Crippen molar-refractivity contribution in [2.24, 2.45) is 0 Å². The number of benzene rings is 1. The minimum absolute atomic E-state index is 0.292. The molecular weight excluding hydrogens is 249 g/mol. The van der Waals surface area contributed by atoms with Gasteiger partial charge in [-0.1, -0.05) is 17.3 Å². The van der Waals surface area contributed by atoms with Crippen LogP contribution < -0.4 is 0 Å². The maximum absolute atomic E-state index is 12.8. The molecule has 1 aromatic carbocycles. The van der Waals surface area contributed by atoms with Crippen molar-refractivity contribution in [3.63, 3.8) is 0 Å². The minimum atomic E-state index is -0.452. The molecule has 0 aliphatic carbocycles. The first kappa shape index (κ1) is 13.2. The molecule has 0 amide bonds. The number of hydrogen-bond acceptors (Lipinski definition) is 4. The monoisotopic (exact) mass is 263 g/mol. The summed E-state index contributed by atoms with van der Waals surface area (Å²) in [4.78, 5) is 11.8. The SMILES string of the molecule is CCOC(=O)c1c(C)nnn1Cc1ccc(F)cc1. The summed E-state index contributed by atoms with van der Waals surface area (Å²) in [5.74, 6) is -0.753. The number of carbonyl (C=O) groups is 1. The average Bonchev–Trinajstić information content (AvgIpc) is 2.74. The Balaban J connectivity index is 2.25. The van der Waals surface area contributed by atoms with Gasteiger partial charge in [0.2, 0.25) is 0 Å². The normalized spacial score (nSPS) is 10.5. The van der Waals surface area contributed by atoms with Gasteiger partial charge in [0, 0.05) is 0 Å². The molecule has 0 saturated heterocycles. The molecule has 0 fully saturated rings. The number of nitrogens with zero attached hydrogens (tertiary/aromatic N) is 3. The zero-order chi connectivity index (χ0) is 13.8. The largest absolute Gasteiger partial charge is 0.461 e. The first-order chi connectivity index (χ1) is 9.11. The topological polar surface area (TPSA) is 57.0 Å². The lowest BCUT2D eigenvalue weighted by molar-refractivity contribution is 0.0511. The molecule has 0 atom stereocenters. The Kier molecular flexibility index (Phi) is 3.89. The van der Waals surface area contributed by atoms with Crippen molar-refractivity contribution in [2.75, 3.05) is 6.61 Å². The molecule has 2 rings (SSSR count). The van der Waals surface area contributed by atoms with Crippen molar-refractivity contribution in [3.05, 3.63) is 47.0 Å². The summed E-state index contributed by atoms with van der Waals surface area (Å²) in [5.41, 5.74) is 1.67. The van der Waals surface area contributed by atoms with Crippen molar-refractivity contribution < 1.29 is 13.9 Å². The van der Waals surface area contributed by atoms with Crippen LogP contribution in [0.25, 0.3) is 0 Å². The highest BCUT2D eigenvalue weighted by atomic mass is 19.1. The third kappa shape index (κ3) is 2.96. The van der Waals surface area contributed by atoms with Crippen LogP contribution in [0.15, 0.2) is 24.3 Å². The summed E-state index contributed by atoms with van der Waals surface area (Å²) in [6, 6.07) is 6.01. The van der Waals surface area contributed by atoms with Gasteiger partial charge >= 0.3 is 5.97 Å². The van der Waals surface area contributed by atoms with Crippen LogP contribution in [0.3, 0.4) is 0 Å². The number of ether oxygens (including phenoxy) is 1. The van der Waals surface area contributed by atoms with Crippen molar-refractivity contribution in [1.29, 1.82) is 0 Å². The van der Waals surface area contributed by atoms with Crippen molar-refractivity contribution >= 4 is 5.97 Å². The van der Waals surface area contributed by atoms with E-state index in [1.165, 1.54) is 16.8 Å². The van der Waals surface area contributed by atoms with E-state index in [0.29, 0.717) is 24.5 Å². The Morgan fingerprint density at radius 1 is 1.37 bits per heavy atom. The van der Waals surface area contributed by atoms with E-state index in [9.17, 15) is 9.18 Å². The molecule has 0 saturated carbocycles. The quantitative estimate of drug-likeness (QED) is 0.791. The number of halogens is 1. The number of aryl methyl sites for hydroxylation is 1. The first-order valence-corrected chi connectivity index (χ1v) is 5.93. The second-order valence-corrected chi connectivity index (χ2v) is 4.03. The van der Waals surface area contributed by atoms with Crippen LogP contribution in [0.4, 0.5) is 4.39 Å². The molecule has 0 aliphatic rings. The minimum Gasteiger partial charge on any atom is -0.461 e. The number of rotatable bonds is 4. The molecule has 2 aromatic rings. The van der Waals surface area contributed by atoms with Gasteiger partial charge in [-0.25, -0.2) is 13.9 Å². The molecule has 0 N–H and O–H groups in total. The highest BCUT2D eigenvalue weighted by Crippen LogP contribution is 2.10. The fraction of sp³-hybridized carbons (Fsp3) is 0.308. The zero-order valence-electron chi connectivity index (χ0n) is 10.8. The Labute approximate surface area is 110 Å². The van der Waals surface area contributed by atoms with Gasteiger partial charge in [0.15, 0.2) is 5.69 Å². The van der Waals surface area contributed by atoms with Crippen LogP contribution in [0.5, 0.6) is 0 Å². The van der Waals surface area contributed by atoms with Crippen LogP contribution in [0.1, 0.15) is 28.7 Å². The van der Waals surface area contributed by atoms with E-state index in [1.54, 1.807) is 26.0 Å². The first-order valence-electron chi connectivity index (χ1n) is 5.93. The second kappa shape index (κ2) is 5.60. The lowest BCUT2D eigenvalue weighted by Gasteiger charge is -2.06. The maximum Gasteiger partial charge on any atom is 0.358 e. The smallest absolute Gasteiger partial charge is 0.358 e. The number of carbonyl (C=O) groups excluding carboxylic acids is 1. The van der Waals surface area contributed by atoms with E-state index in [0.717, 1.165) is 5.56 Å². The van der Waals surface area contributed by atoms with Crippen LogP contribution in [0.2, 0.25) is 0 Å². The highest BCUT2D eigenvalue weighted by molar-refractivity contribution is 5.88. The predicted octanol–water partition coefficient (Wildman–Crippen LogP) is 1.95. The fourth-order valence-electron chi connectivity index (χ4n) is 1.73. The lowest BCUT2D eigenvalue weighted by Crippen LogP contribution is -2.15. The van der Waals surface area contributed by atoms with Crippen molar-refractivity contribution in [2.45, 2.75) is 20.4 Å². The summed E-state index contributed by atoms with van der Waals surface area (Å²) in [6.07, 6.45) is 0. The standard InChI is InChI=1S/C13H14FN3O2/c1-3-19-13(18)12-9(2)15-16-17(12)8-10-4-6-11(14)7-5-10/h4-7H,3,8H2,1-2H3. The molecule has 5 nitrogen and oxygen atoms in total. The molecule has 19 heavy (non-hydrogen) atoms. The van der Waals surface area contributed by atoms with Crippen molar-refractivity contribution in [1.82, 2.24) is 15.0 Å². The Hall–Kier alpha value is -2.24. The molecule has 0 unspecified atom stereocenters. The zero-order valence-corrected chi connectivity index (χ0v) is 10.8. The summed E-state index contributed by atoms with van der Waals surface area (Å²) in [5, 5.41) is 7.78.